The fraction of sp³-hybridized carbons (Fsp3) is 0.368. The van der Waals surface area contributed by atoms with Crippen molar-refractivity contribution in [3.8, 4) is 5.75 Å². The standard InChI is InChI=1S/C19H22FN5O4/c1-28-15-4-3-11(20)9-13(15)16(26)14-10-22-18(24-17(14)21)23-12-5-7-25(8-6-12)19(27)29-2/h3-4,9-10,12H,5-8H2,1-2H3,(H3,21,22,23,24). The summed E-state index contributed by atoms with van der Waals surface area (Å²) >= 11 is 0. The monoisotopic (exact) mass is 403 g/mol. The van der Waals surface area contributed by atoms with Gasteiger partial charge in [-0.1, -0.05) is 0 Å². The lowest BCUT2D eigenvalue weighted by atomic mass is 10.0. The highest BCUT2D eigenvalue weighted by Crippen LogP contribution is 2.25. The predicted molar refractivity (Wildman–Crippen MR) is 103 cm³/mol. The number of amides is 1. The van der Waals surface area contributed by atoms with Gasteiger partial charge < -0.3 is 25.4 Å². The number of piperidine rings is 1. The van der Waals surface area contributed by atoms with E-state index in [-0.39, 0.29) is 40.8 Å². The fourth-order valence-electron chi connectivity index (χ4n) is 3.16. The maximum atomic E-state index is 13.6. The van der Waals surface area contributed by atoms with Crippen molar-refractivity contribution in [2.24, 2.45) is 0 Å². The van der Waals surface area contributed by atoms with Crippen LogP contribution in [0.3, 0.4) is 0 Å². The van der Waals surface area contributed by atoms with E-state index in [9.17, 15) is 14.0 Å². The highest BCUT2D eigenvalue weighted by atomic mass is 19.1. The molecule has 0 saturated carbocycles. The van der Waals surface area contributed by atoms with Crippen molar-refractivity contribution in [3.63, 3.8) is 0 Å². The summed E-state index contributed by atoms with van der Waals surface area (Å²) in [6.07, 6.45) is 2.35. The maximum Gasteiger partial charge on any atom is 0.409 e. The van der Waals surface area contributed by atoms with E-state index in [1.54, 1.807) is 4.90 Å². The Morgan fingerprint density at radius 3 is 2.59 bits per heavy atom. The molecule has 0 spiro atoms. The Bertz CT molecular complexity index is 915. The van der Waals surface area contributed by atoms with Crippen LogP contribution in [0.2, 0.25) is 0 Å². The first kappa shape index (κ1) is 20.3. The van der Waals surface area contributed by atoms with Crippen molar-refractivity contribution < 1.29 is 23.5 Å². The number of aromatic nitrogens is 2. The Morgan fingerprint density at radius 2 is 1.97 bits per heavy atom. The third kappa shape index (κ3) is 4.53. The number of nitrogen functional groups attached to an aromatic ring is 1. The minimum absolute atomic E-state index is 0.0224. The van der Waals surface area contributed by atoms with E-state index in [0.29, 0.717) is 25.9 Å². The molecule has 154 valence electrons. The van der Waals surface area contributed by atoms with Gasteiger partial charge in [0.25, 0.3) is 0 Å². The van der Waals surface area contributed by atoms with Crippen molar-refractivity contribution in [2.45, 2.75) is 18.9 Å². The molecular weight excluding hydrogens is 381 g/mol. The molecule has 3 rings (SSSR count). The largest absolute Gasteiger partial charge is 0.496 e. The Hall–Kier alpha value is -3.43. The van der Waals surface area contributed by atoms with Crippen LogP contribution in [0.5, 0.6) is 5.75 Å². The molecule has 1 fully saturated rings. The molecule has 0 bridgehead atoms. The van der Waals surface area contributed by atoms with Gasteiger partial charge in [0, 0.05) is 25.3 Å². The second-order valence-corrected chi connectivity index (χ2v) is 6.54. The summed E-state index contributed by atoms with van der Waals surface area (Å²) in [5.74, 6) is -0.607. The van der Waals surface area contributed by atoms with Gasteiger partial charge in [0.05, 0.1) is 25.3 Å². The fourth-order valence-corrected chi connectivity index (χ4v) is 3.16. The summed E-state index contributed by atoms with van der Waals surface area (Å²) in [6.45, 7) is 1.10. The van der Waals surface area contributed by atoms with Crippen LogP contribution in [0, 0.1) is 5.82 Å². The molecule has 2 aromatic rings. The number of nitrogens with two attached hydrogens (primary N) is 1. The van der Waals surface area contributed by atoms with Gasteiger partial charge in [-0.15, -0.1) is 0 Å². The molecular formula is C19H22FN5O4. The number of likely N-dealkylation sites (tertiary alicyclic amines) is 1. The van der Waals surface area contributed by atoms with Gasteiger partial charge in [0.2, 0.25) is 11.7 Å². The van der Waals surface area contributed by atoms with Crippen molar-refractivity contribution >= 4 is 23.6 Å². The molecule has 1 aliphatic rings. The van der Waals surface area contributed by atoms with E-state index in [1.165, 1.54) is 32.5 Å². The van der Waals surface area contributed by atoms with E-state index < -0.39 is 11.6 Å². The number of ketones is 1. The van der Waals surface area contributed by atoms with Crippen molar-refractivity contribution in [1.29, 1.82) is 0 Å². The SMILES string of the molecule is COC(=O)N1CCC(Nc2ncc(C(=O)c3cc(F)ccc3OC)c(N)n2)CC1. The van der Waals surface area contributed by atoms with Gasteiger partial charge in [0.15, 0.2) is 0 Å². The van der Waals surface area contributed by atoms with Crippen LogP contribution >= 0.6 is 0 Å². The first-order chi connectivity index (χ1) is 13.9. The molecule has 1 aliphatic heterocycles. The van der Waals surface area contributed by atoms with Gasteiger partial charge in [-0.25, -0.2) is 14.2 Å². The van der Waals surface area contributed by atoms with Gasteiger partial charge in [-0.2, -0.15) is 4.98 Å². The molecule has 1 amide bonds. The van der Waals surface area contributed by atoms with Crippen LogP contribution in [0.4, 0.5) is 21.0 Å². The molecule has 2 heterocycles. The highest BCUT2D eigenvalue weighted by molar-refractivity contribution is 6.13. The lowest BCUT2D eigenvalue weighted by Crippen LogP contribution is -2.42. The summed E-state index contributed by atoms with van der Waals surface area (Å²) < 4.78 is 23.4. The van der Waals surface area contributed by atoms with E-state index in [0.717, 1.165) is 6.07 Å². The highest BCUT2D eigenvalue weighted by Gasteiger charge is 2.24. The van der Waals surface area contributed by atoms with E-state index in [4.69, 9.17) is 15.2 Å². The predicted octanol–water partition coefficient (Wildman–Crippen LogP) is 2.08. The Labute approximate surface area is 167 Å². The summed E-state index contributed by atoms with van der Waals surface area (Å²) in [6, 6.07) is 3.71. The molecule has 0 atom stereocenters. The van der Waals surface area contributed by atoms with Crippen molar-refractivity contribution in [2.75, 3.05) is 38.4 Å². The zero-order valence-corrected chi connectivity index (χ0v) is 16.1. The number of halogens is 1. The van der Waals surface area contributed by atoms with E-state index >= 15 is 0 Å². The van der Waals surface area contributed by atoms with Crippen LogP contribution in [-0.2, 0) is 4.74 Å². The zero-order chi connectivity index (χ0) is 21.0. The molecule has 3 N–H and O–H groups in total. The molecule has 0 aliphatic carbocycles. The van der Waals surface area contributed by atoms with Crippen molar-refractivity contribution in [1.82, 2.24) is 14.9 Å². The minimum Gasteiger partial charge on any atom is -0.496 e. The Kier molecular flexibility index (Phi) is 6.10. The molecule has 0 unspecified atom stereocenters. The second kappa shape index (κ2) is 8.72. The average molecular weight is 403 g/mol. The molecule has 29 heavy (non-hydrogen) atoms. The molecule has 10 heteroatoms. The number of carbonyl (C=O) groups excluding carboxylic acids is 2. The summed E-state index contributed by atoms with van der Waals surface area (Å²) in [5.41, 5.74) is 6.05. The van der Waals surface area contributed by atoms with E-state index in [1.807, 2.05) is 0 Å². The third-order valence-corrected chi connectivity index (χ3v) is 4.73. The number of nitrogens with one attached hydrogen (secondary N) is 1. The second-order valence-electron chi connectivity index (χ2n) is 6.54. The normalized spacial score (nSPS) is 14.4. The Morgan fingerprint density at radius 1 is 1.24 bits per heavy atom. The summed E-state index contributed by atoms with van der Waals surface area (Å²) in [7, 11) is 2.74. The number of hydrogen-bond acceptors (Lipinski definition) is 8. The topological polar surface area (TPSA) is 120 Å². The van der Waals surface area contributed by atoms with Gasteiger partial charge >= 0.3 is 6.09 Å². The van der Waals surface area contributed by atoms with Gasteiger partial charge in [-0.3, -0.25) is 4.79 Å². The van der Waals surface area contributed by atoms with Crippen LogP contribution in [-0.4, -0.2) is 60.1 Å². The van der Waals surface area contributed by atoms with Crippen LogP contribution < -0.4 is 15.8 Å². The molecule has 1 aromatic heterocycles. The first-order valence-electron chi connectivity index (χ1n) is 9.03. The number of hydrogen-bond donors (Lipinski definition) is 2. The quantitative estimate of drug-likeness (QED) is 0.728. The summed E-state index contributed by atoms with van der Waals surface area (Å²) in [5, 5.41) is 3.16. The molecule has 1 aromatic carbocycles. The molecule has 1 saturated heterocycles. The number of rotatable bonds is 5. The number of anilines is 2. The molecule has 0 radical (unpaired) electrons. The Balaban J connectivity index is 1.70. The lowest BCUT2D eigenvalue weighted by molar-refractivity contribution is 0.103. The number of nitrogens with zero attached hydrogens (tertiary/aromatic N) is 3. The van der Waals surface area contributed by atoms with Gasteiger partial charge in [0.1, 0.15) is 17.4 Å². The number of ether oxygens (including phenoxy) is 2. The number of methoxy groups -OCH3 is 2. The lowest BCUT2D eigenvalue weighted by Gasteiger charge is -2.31. The zero-order valence-electron chi connectivity index (χ0n) is 16.1. The van der Waals surface area contributed by atoms with Crippen molar-refractivity contribution in [3.05, 3.63) is 41.3 Å². The third-order valence-electron chi connectivity index (χ3n) is 4.73. The average Bonchev–Trinajstić information content (AvgIpc) is 2.73. The van der Waals surface area contributed by atoms with Gasteiger partial charge in [-0.05, 0) is 31.0 Å². The maximum absolute atomic E-state index is 13.6. The minimum atomic E-state index is -0.565. The number of carbonyl (C=O) groups is 2. The number of benzene rings is 1. The smallest absolute Gasteiger partial charge is 0.409 e. The first-order valence-corrected chi connectivity index (χ1v) is 9.03. The van der Waals surface area contributed by atoms with Crippen LogP contribution in [0.25, 0.3) is 0 Å². The van der Waals surface area contributed by atoms with Crippen LogP contribution in [0.1, 0.15) is 28.8 Å². The van der Waals surface area contributed by atoms with E-state index in [2.05, 4.69) is 15.3 Å². The molecule has 9 nitrogen and oxygen atoms in total. The summed E-state index contributed by atoms with van der Waals surface area (Å²) in [4.78, 5) is 34.2. The van der Waals surface area contributed by atoms with Crippen LogP contribution in [0.15, 0.2) is 24.4 Å².